The van der Waals surface area contributed by atoms with E-state index in [-0.39, 0.29) is 34.4 Å². The van der Waals surface area contributed by atoms with E-state index < -0.39 is 28.1 Å². The third-order valence-corrected chi connectivity index (χ3v) is 5.01. The number of carbonyl (C=O) groups is 3. The van der Waals surface area contributed by atoms with Gasteiger partial charge >= 0.3 is 17.8 Å². The zero-order chi connectivity index (χ0) is 14.5. The topological polar surface area (TPSA) is 91.7 Å². The number of carbonyl (C=O) groups excluding carboxylic acids is 2. The molecule has 19 heavy (non-hydrogen) atoms. The zero-order valence-electron chi connectivity index (χ0n) is 11.1. The van der Waals surface area contributed by atoms with Gasteiger partial charge in [0.2, 0.25) is 0 Å². The largest absolute Gasteiger partial charge is 0.481 e. The number of carboxylic acid groups (broad SMARTS) is 1. The monoisotopic (exact) mass is 290 g/mol. The Morgan fingerprint density at radius 1 is 1.37 bits per heavy atom. The summed E-state index contributed by atoms with van der Waals surface area (Å²) in [6.45, 7) is 1.92. The van der Waals surface area contributed by atoms with E-state index in [1.807, 2.05) is 6.92 Å². The van der Waals surface area contributed by atoms with Crippen LogP contribution in [0.5, 0.6) is 0 Å². The number of likely N-dealkylation sites (tertiary alicyclic amines) is 1. The lowest BCUT2D eigenvalue weighted by atomic mass is 10.3. The second-order valence-electron chi connectivity index (χ2n) is 4.77. The number of hydroxylamine groups is 3. The van der Waals surface area contributed by atoms with Crippen LogP contribution in [0, 0.1) is 0 Å². The number of carboxylic acids is 1. The van der Waals surface area contributed by atoms with Gasteiger partial charge in [0.15, 0.2) is 0 Å². The highest BCUT2D eigenvalue weighted by atomic mass is 31.1. The lowest BCUT2D eigenvalue weighted by Gasteiger charge is -2.21. The highest BCUT2D eigenvalue weighted by Gasteiger charge is 2.49. The van der Waals surface area contributed by atoms with Gasteiger partial charge in [-0.25, -0.2) is 14.8 Å². The summed E-state index contributed by atoms with van der Waals surface area (Å²) in [5, 5.41) is 19.1. The van der Waals surface area contributed by atoms with Crippen molar-refractivity contribution < 1.29 is 29.3 Å². The molecule has 0 aromatic heterocycles. The van der Waals surface area contributed by atoms with E-state index in [0.29, 0.717) is 0 Å². The van der Waals surface area contributed by atoms with E-state index >= 15 is 0 Å². The van der Waals surface area contributed by atoms with Crippen LogP contribution in [0.2, 0.25) is 0 Å². The number of nitrogens with zero attached hydrogens (tertiary/aromatic N) is 1. The fourth-order valence-corrected chi connectivity index (χ4v) is 3.47. The number of imide groups is 1. The molecule has 2 amide bonds. The van der Waals surface area contributed by atoms with Crippen molar-refractivity contribution in [2.24, 2.45) is 0 Å². The third-order valence-electron chi connectivity index (χ3n) is 3.34. The van der Waals surface area contributed by atoms with Crippen LogP contribution >= 0.6 is 8.58 Å². The maximum atomic E-state index is 11.5. The van der Waals surface area contributed by atoms with E-state index in [0.717, 1.165) is 19.0 Å². The van der Waals surface area contributed by atoms with Gasteiger partial charge in [-0.3, -0.25) is 4.79 Å². The highest BCUT2D eigenvalue weighted by molar-refractivity contribution is 7.40. The number of hydrogen-bond acceptors (Lipinski definition) is 4. The fraction of sp³-hybridized carbons (Fsp3) is 0.750. The molecule has 2 N–H and O–H groups in total. The average Bonchev–Trinajstić information content (AvgIpc) is 2.61. The lowest BCUT2D eigenvalue weighted by Crippen LogP contribution is -2.50. The van der Waals surface area contributed by atoms with Crippen molar-refractivity contribution in [2.45, 2.75) is 44.7 Å². The normalized spacial score (nSPS) is 20.3. The van der Waals surface area contributed by atoms with Crippen molar-refractivity contribution in [3.05, 3.63) is 0 Å². The summed E-state index contributed by atoms with van der Waals surface area (Å²) >= 11 is 0. The zero-order valence-corrected chi connectivity index (χ0v) is 12.1. The predicted octanol–water partition coefficient (Wildman–Crippen LogP) is 1.36. The molecular formula is C12H21NO5P+. The first-order valence-corrected chi connectivity index (χ1v) is 7.84. The molecule has 1 saturated heterocycles. The number of unbranched alkanes of at least 4 members (excludes halogenated alkanes) is 1. The summed E-state index contributed by atoms with van der Waals surface area (Å²) in [4.78, 5) is 34.1. The van der Waals surface area contributed by atoms with E-state index in [9.17, 15) is 19.6 Å². The van der Waals surface area contributed by atoms with Crippen LogP contribution in [0.15, 0.2) is 0 Å². The average molecular weight is 290 g/mol. The van der Waals surface area contributed by atoms with Gasteiger partial charge in [-0.15, -0.1) is 8.58 Å². The van der Waals surface area contributed by atoms with E-state index in [2.05, 4.69) is 0 Å². The summed E-state index contributed by atoms with van der Waals surface area (Å²) < 4.78 is -1.21. The molecule has 1 rings (SSSR count). The molecule has 0 aromatic carbocycles. The van der Waals surface area contributed by atoms with Crippen molar-refractivity contribution in [1.82, 2.24) is 0 Å². The van der Waals surface area contributed by atoms with Gasteiger partial charge in [-0.2, -0.15) is 0 Å². The van der Waals surface area contributed by atoms with E-state index in [1.54, 1.807) is 0 Å². The molecule has 1 aliphatic rings. The van der Waals surface area contributed by atoms with Crippen molar-refractivity contribution in [1.29, 1.82) is 0 Å². The highest BCUT2D eigenvalue weighted by Crippen LogP contribution is 2.27. The Kier molecular flexibility index (Phi) is 6.04. The molecule has 2 unspecified atom stereocenters. The van der Waals surface area contributed by atoms with Crippen LogP contribution in [-0.4, -0.2) is 51.1 Å². The van der Waals surface area contributed by atoms with Gasteiger partial charge in [-0.1, -0.05) is 18.0 Å². The van der Waals surface area contributed by atoms with Gasteiger partial charge < -0.3 is 5.11 Å². The minimum atomic E-state index is -1.21. The number of hydrogen-bond donors (Lipinski definition) is 2. The van der Waals surface area contributed by atoms with Crippen LogP contribution in [0.1, 0.15) is 39.0 Å². The number of rotatable bonds is 8. The number of quaternary nitrogens is 1. The van der Waals surface area contributed by atoms with Crippen molar-refractivity contribution >= 4 is 26.4 Å². The van der Waals surface area contributed by atoms with E-state index in [1.165, 1.54) is 0 Å². The smallest absolute Gasteiger partial charge is 0.353 e. The molecular weight excluding hydrogens is 269 g/mol. The van der Waals surface area contributed by atoms with Crippen LogP contribution in [-0.2, 0) is 14.4 Å². The molecule has 6 nitrogen and oxygen atoms in total. The maximum Gasteiger partial charge on any atom is 0.353 e. The molecule has 2 atom stereocenters. The molecule has 0 aromatic rings. The van der Waals surface area contributed by atoms with Gasteiger partial charge in [0.1, 0.15) is 6.54 Å². The van der Waals surface area contributed by atoms with Crippen molar-refractivity contribution in [3.63, 3.8) is 0 Å². The minimum absolute atomic E-state index is 0.0468. The molecule has 7 heteroatoms. The molecule has 0 spiro atoms. The summed E-state index contributed by atoms with van der Waals surface area (Å²) in [6, 6.07) is 0. The van der Waals surface area contributed by atoms with Gasteiger partial charge in [0.25, 0.3) is 0 Å². The quantitative estimate of drug-likeness (QED) is 0.231. The summed E-state index contributed by atoms with van der Waals surface area (Å²) in [7, 11) is 0.261. The Labute approximate surface area is 114 Å². The predicted molar refractivity (Wildman–Crippen MR) is 70.3 cm³/mol. The first-order chi connectivity index (χ1) is 8.91. The second kappa shape index (κ2) is 7.08. The molecule has 0 aliphatic carbocycles. The lowest BCUT2D eigenvalue weighted by molar-refractivity contribution is -0.971. The van der Waals surface area contributed by atoms with Crippen LogP contribution in [0.4, 0.5) is 0 Å². The van der Waals surface area contributed by atoms with Crippen molar-refractivity contribution in [3.8, 4) is 0 Å². The molecule has 0 saturated carbocycles. The molecule has 0 radical (unpaired) electrons. The first kappa shape index (κ1) is 16.2. The maximum absolute atomic E-state index is 11.5. The van der Waals surface area contributed by atoms with Crippen LogP contribution < -0.4 is 0 Å². The molecule has 1 heterocycles. The van der Waals surface area contributed by atoms with Gasteiger partial charge in [0.05, 0.1) is 18.5 Å². The van der Waals surface area contributed by atoms with Gasteiger partial charge in [0, 0.05) is 6.42 Å². The fourth-order valence-electron chi connectivity index (χ4n) is 2.05. The second-order valence-corrected chi connectivity index (χ2v) is 6.37. The minimum Gasteiger partial charge on any atom is -0.481 e. The molecule has 108 valence electrons. The Bertz CT molecular complexity index is 355. The van der Waals surface area contributed by atoms with Crippen molar-refractivity contribution in [2.75, 3.05) is 12.7 Å². The SMILES string of the molecule is CCCCPC(CC[N+]1(O)C(=O)CCC1=O)C(=O)O. The van der Waals surface area contributed by atoms with Gasteiger partial charge in [-0.05, 0) is 12.6 Å². The standard InChI is InChI=1S/C12H20NO5P/c1-2-3-8-19-9(12(16)17)6-7-13(18)10(14)4-5-11(13)15/h9,18-19H,2-8H2,1H3/p+1. The molecule has 1 fully saturated rings. The Hall–Kier alpha value is -0.840. The molecule has 1 aliphatic heterocycles. The number of aliphatic carboxylic acids is 1. The Morgan fingerprint density at radius 2 is 1.95 bits per heavy atom. The van der Waals surface area contributed by atoms with Crippen LogP contribution in [0.3, 0.4) is 0 Å². The Morgan fingerprint density at radius 3 is 2.42 bits per heavy atom. The molecule has 0 bridgehead atoms. The van der Waals surface area contributed by atoms with E-state index in [4.69, 9.17) is 5.11 Å². The third kappa shape index (κ3) is 4.06. The summed E-state index contributed by atoms with van der Waals surface area (Å²) in [5.41, 5.74) is -0.574. The Balaban J connectivity index is 2.53. The van der Waals surface area contributed by atoms with Crippen LogP contribution in [0.25, 0.3) is 0 Å². The summed E-state index contributed by atoms with van der Waals surface area (Å²) in [5.74, 6) is -1.96. The number of amides is 2. The first-order valence-electron chi connectivity index (χ1n) is 6.55. The summed E-state index contributed by atoms with van der Waals surface area (Å²) in [6.07, 6.45) is 3.07.